The van der Waals surface area contributed by atoms with Gasteiger partial charge >= 0.3 is 0 Å². The van der Waals surface area contributed by atoms with Crippen LogP contribution in [0.3, 0.4) is 0 Å². The van der Waals surface area contributed by atoms with Gasteiger partial charge < -0.3 is 10.1 Å². The van der Waals surface area contributed by atoms with Gasteiger partial charge in [0.05, 0.1) is 18.2 Å². The molecule has 3 rings (SSSR count). The molecule has 3 amide bonds. The van der Waals surface area contributed by atoms with E-state index in [0.29, 0.717) is 17.5 Å². The van der Waals surface area contributed by atoms with E-state index in [1.807, 2.05) is 0 Å². The number of methoxy groups -OCH3 is 1. The molecular weight excluding hydrogens is 339 g/mol. The highest BCUT2D eigenvalue weighted by atomic mass is 19.1. The second kappa shape index (κ2) is 7.35. The van der Waals surface area contributed by atoms with Crippen LogP contribution in [0.4, 0.5) is 4.39 Å². The Morgan fingerprint density at radius 3 is 2.38 bits per heavy atom. The lowest BCUT2D eigenvalue weighted by Gasteiger charge is -2.13. The maximum absolute atomic E-state index is 13.4. The molecule has 2 aromatic rings. The summed E-state index contributed by atoms with van der Waals surface area (Å²) >= 11 is 0. The minimum absolute atomic E-state index is 0.139. The fourth-order valence-corrected chi connectivity index (χ4v) is 2.79. The lowest BCUT2D eigenvalue weighted by Crippen LogP contribution is -2.40. The molecule has 1 aliphatic rings. The minimum atomic E-state index is -0.468. The Kier molecular flexibility index (Phi) is 4.97. The summed E-state index contributed by atoms with van der Waals surface area (Å²) in [6.45, 7) is -0.0458. The van der Waals surface area contributed by atoms with Gasteiger partial charge in [-0.1, -0.05) is 18.2 Å². The Labute approximate surface area is 149 Å². The average molecular weight is 356 g/mol. The van der Waals surface area contributed by atoms with E-state index >= 15 is 0 Å². The van der Waals surface area contributed by atoms with Crippen LogP contribution in [-0.2, 0) is 11.2 Å². The summed E-state index contributed by atoms with van der Waals surface area (Å²) in [5.74, 6) is -1.69. The van der Waals surface area contributed by atoms with Crippen molar-refractivity contribution in [3.05, 3.63) is 65.0 Å². The first-order chi connectivity index (χ1) is 12.5. The van der Waals surface area contributed by atoms with Crippen LogP contribution in [-0.4, -0.2) is 42.8 Å². The molecule has 1 heterocycles. The molecule has 0 saturated heterocycles. The quantitative estimate of drug-likeness (QED) is 0.801. The molecule has 0 atom stereocenters. The number of halogens is 1. The second-order valence-corrected chi connectivity index (χ2v) is 5.81. The van der Waals surface area contributed by atoms with Crippen molar-refractivity contribution >= 4 is 17.7 Å². The van der Waals surface area contributed by atoms with Crippen molar-refractivity contribution < 1.29 is 23.5 Å². The maximum Gasteiger partial charge on any atom is 0.262 e. The number of amides is 3. The van der Waals surface area contributed by atoms with Gasteiger partial charge in [-0.3, -0.25) is 19.3 Å². The van der Waals surface area contributed by atoms with Crippen molar-refractivity contribution in [3.8, 4) is 5.75 Å². The Balaban J connectivity index is 1.54. The van der Waals surface area contributed by atoms with E-state index in [1.54, 1.807) is 36.4 Å². The van der Waals surface area contributed by atoms with E-state index in [-0.39, 0.29) is 18.8 Å². The number of fused-ring (bicyclic) bond motifs is 1. The van der Waals surface area contributed by atoms with Crippen LogP contribution in [0.1, 0.15) is 26.3 Å². The molecule has 0 spiro atoms. The normalized spacial score (nSPS) is 12.9. The third kappa shape index (κ3) is 3.42. The number of rotatable bonds is 6. The van der Waals surface area contributed by atoms with E-state index in [2.05, 4.69) is 5.32 Å². The van der Waals surface area contributed by atoms with Gasteiger partial charge in [0.1, 0.15) is 6.54 Å². The van der Waals surface area contributed by atoms with Gasteiger partial charge in [0.25, 0.3) is 11.8 Å². The number of hydrogen-bond acceptors (Lipinski definition) is 4. The Hall–Kier alpha value is -3.22. The summed E-state index contributed by atoms with van der Waals surface area (Å²) in [4.78, 5) is 37.4. The molecule has 134 valence electrons. The van der Waals surface area contributed by atoms with Gasteiger partial charge in [-0.25, -0.2) is 4.39 Å². The summed E-state index contributed by atoms with van der Waals surface area (Å²) in [6, 6.07) is 10.9. The summed E-state index contributed by atoms with van der Waals surface area (Å²) in [7, 11) is 1.38. The van der Waals surface area contributed by atoms with Crippen LogP contribution >= 0.6 is 0 Å². The van der Waals surface area contributed by atoms with Gasteiger partial charge in [0.2, 0.25) is 5.91 Å². The molecule has 2 aromatic carbocycles. The zero-order valence-corrected chi connectivity index (χ0v) is 14.1. The molecule has 0 radical (unpaired) electrons. The zero-order valence-electron chi connectivity index (χ0n) is 14.1. The highest BCUT2D eigenvalue weighted by Crippen LogP contribution is 2.22. The number of ether oxygens (including phenoxy) is 1. The number of nitrogens with zero attached hydrogens (tertiary/aromatic N) is 1. The molecular formula is C19H17FN2O4. The van der Waals surface area contributed by atoms with Gasteiger partial charge in [-0.2, -0.15) is 0 Å². The molecule has 1 aliphatic heterocycles. The van der Waals surface area contributed by atoms with Crippen molar-refractivity contribution in [2.45, 2.75) is 6.42 Å². The highest BCUT2D eigenvalue weighted by Gasteiger charge is 2.36. The van der Waals surface area contributed by atoms with Crippen LogP contribution < -0.4 is 10.1 Å². The molecule has 1 N–H and O–H groups in total. The second-order valence-electron chi connectivity index (χ2n) is 5.81. The topological polar surface area (TPSA) is 75.7 Å². The summed E-state index contributed by atoms with van der Waals surface area (Å²) < 4.78 is 18.3. The molecule has 0 aliphatic carbocycles. The van der Waals surface area contributed by atoms with Crippen LogP contribution in [0, 0.1) is 5.82 Å². The number of carbonyl (C=O) groups excluding carboxylic acids is 3. The Morgan fingerprint density at radius 2 is 1.77 bits per heavy atom. The zero-order chi connectivity index (χ0) is 18.7. The van der Waals surface area contributed by atoms with E-state index in [0.717, 1.165) is 10.5 Å². The Bertz CT molecular complexity index is 847. The molecule has 0 unspecified atom stereocenters. The Morgan fingerprint density at radius 1 is 1.12 bits per heavy atom. The number of benzene rings is 2. The van der Waals surface area contributed by atoms with Crippen molar-refractivity contribution in [2.75, 3.05) is 20.2 Å². The largest absolute Gasteiger partial charge is 0.494 e. The smallest absolute Gasteiger partial charge is 0.262 e. The average Bonchev–Trinajstić information content (AvgIpc) is 2.88. The van der Waals surface area contributed by atoms with Gasteiger partial charge in [-0.05, 0) is 36.2 Å². The molecule has 0 saturated carbocycles. The third-order valence-electron chi connectivity index (χ3n) is 4.13. The van der Waals surface area contributed by atoms with Crippen LogP contribution in [0.25, 0.3) is 0 Å². The van der Waals surface area contributed by atoms with Crippen molar-refractivity contribution in [3.63, 3.8) is 0 Å². The molecule has 6 nitrogen and oxygen atoms in total. The maximum atomic E-state index is 13.4. The summed E-state index contributed by atoms with van der Waals surface area (Å²) in [5.41, 5.74) is 1.41. The fraction of sp³-hybridized carbons (Fsp3) is 0.211. The van der Waals surface area contributed by atoms with Gasteiger partial charge in [-0.15, -0.1) is 0 Å². The highest BCUT2D eigenvalue weighted by molar-refractivity contribution is 6.22. The van der Waals surface area contributed by atoms with E-state index in [9.17, 15) is 18.8 Å². The molecule has 26 heavy (non-hydrogen) atoms. The third-order valence-corrected chi connectivity index (χ3v) is 4.13. The van der Waals surface area contributed by atoms with E-state index in [4.69, 9.17) is 4.74 Å². The lowest BCUT2D eigenvalue weighted by molar-refractivity contribution is -0.121. The van der Waals surface area contributed by atoms with Gasteiger partial charge in [0.15, 0.2) is 11.6 Å². The monoisotopic (exact) mass is 356 g/mol. The van der Waals surface area contributed by atoms with Crippen molar-refractivity contribution in [1.29, 1.82) is 0 Å². The standard InChI is InChI=1S/C19H17FN2O4/c1-26-16-10-12(6-7-15(16)20)8-9-21-17(23)11-22-18(24)13-4-2-3-5-14(13)19(22)25/h2-7,10H,8-9,11H2,1H3,(H,21,23). The summed E-state index contributed by atoms with van der Waals surface area (Å²) in [5, 5.41) is 2.66. The summed E-state index contributed by atoms with van der Waals surface area (Å²) in [6.07, 6.45) is 0.463. The van der Waals surface area contributed by atoms with Crippen LogP contribution in [0.2, 0.25) is 0 Å². The van der Waals surface area contributed by atoms with Crippen LogP contribution in [0.5, 0.6) is 5.75 Å². The number of imide groups is 1. The predicted octanol–water partition coefficient (Wildman–Crippen LogP) is 1.79. The first-order valence-electron chi connectivity index (χ1n) is 8.05. The minimum Gasteiger partial charge on any atom is -0.494 e. The van der Waals surface area contributed by atoms with E-state index < -0.39 is 23.5 Å². The fourth-order valence-electron chi connectivity index (χ4n) is 2.79. The van der Waals surface area contributed by atoms with Crippen molar-refractivity contribution in [1.82, 2.24) is 10.2 Å². The molecule has 7 heteroatoms. The predicted molar refractivity (Wildman–Crippen MR) is 91.5 cm³/mol. The SMILES string of the molecule is COc1cc(CCNC(=O)CN2C(=O)c3ccccc3C2=O)ccc1F. The number of carbonyl (C=O) groups is 3. The van der Waals surface area contributed by atoms with E-state index in [1.165, 1.54) is 13.2 Å². The number of hydrogen-bond donors (Lipinski definition) is 1. The van der Waals surface area contributed by atoms with Crippen LogP contribution in [0.15, 0.2) is 42.5 Å². The first-order valence-corrected chi connectivity index (χ1v) is 8.05. The van der Waals surface area contributed by atoms with Crippen molar-refractivity contribution in [2.24, 2.45) is 0 Å². The lowest BCUT2D eigenvalue weighted by atomic mass is 10.1. The molecule has 0 bridgehead atoms. The number of nitrogens with one attached hydrogen (secondary N) is 1. The molecule has 0 fully saturated rings. The first kappa shape index (κ1) is 17.6. The molecule has 0 aromatic heterocycles. The van der Waals surface area contributed by atoms with Gasteiger partial charge in [0, 0.05) is 6.54 Å².